The highest BCUT2D eigenvalue weighted by Crippen LogP contribution is 2.07. The van der Waals surface area contributed by atoms with Crippen molar-refractivity contribution >= 4 is 0 Å². The normalized spacial score (nSPS) is 12.9. The molecule has 0 bridgehead atoms. The van der Waals surface area contributed by atoms with Gasteiger partial charge in [0, 0.05) is 32.4 Å². The van der Waals surface area contributed by atoms with E-state index in [1.165, 1.54) is 6.33 Å². The van der Waals surface area contributed by atoms with Gasteiger partial charge in [0.1, 0.15) is 5.82 Å². The van der Waals surface area contributed by atoms with Crippen LogP contribution in [-0.2, 0) is 13.5 Å². The molecule has 0 aliphatic rings. The van der Waals surface area contributed by atoms with Crippen LogP contribution in [0.4, 0.5) is 0 Å². The molecule has 86 valence electrons. The van der Waals surface area contributed by atoms with Crippen molar-refractivity contribution in [2.24, 2.45) is 7.05 Å². The third-order valence-electron chi connectivity index (χ3n) is 2.44. The van der Waals surface area contributed by atoms with Gasteiger partial charge in [-0.3, -0.25) is 0 Å². The standard InChI is InChI=1S/C10H15N5O/c1-8(10-12-5-6-15(10)2)11-4-3-9-13-7-14-16-9/h5-8,11H,3-4H2,1-2H3. The molecule has 0 radical (unpaired) electrons. The molecule has 0 amide bonds. The van der Waals surface area contributed by atoms with Crippen LogP contribution in [0.15, 0.2) is 23.2 Å². The fourth-order valence-corrected chi connectivity index (χ4v) is 1.59. The van der Waals surface area contributed by atoms with E-state index in [9.17, 15) is 0 Å². The number of hydrogen-bond donors (Lipinski definition) is 1. The first-order valence-corrected chi connectivity index (χ1v) is 5.23. The lowest BCUT2D eigenvalue weighted by Crippen LogP contribution is -2.23. The highest BCUT2D eigenvalue weighted by atomic mass is 16.5. The SMILES string of the molecule is CC(NCCc1ncno1)c1nccn1C. The van der Waals surface area contributed by atoms with E-state index in [1.807, 2.05) is 17.8 Å². The maximum atomic E-state index is 4.91. The summed E-state index contributed by atoms with van der Waals surface area (Å²) in [6.07, 6.45) is 5.88. The van der Waals surface area contributed by atoms with Gasteiger partial charge in [-0.1, -0.05) is 5.16 Å². The van der Waals surface area contributed by atoms with Crippen molar-refractivity contribution < 1.29 is 4.52 Å². The van der Waals surface area contributed by atoms with E-state index in [0.29, 0.717) is 5.89 Å². The molecule has 0 spiro atoms. The lowest BCUT2D eigenvalue weighted by Gasteiger charge is -2.12. The van der Waals surface area contributed by atoms with Crippen molar-refractivity contribution in [3.05, 3.63) is 30.4 Å². The highest BCUT2D eigenvalue weighted by molar-refractivity contribution is 4.97. The topological polar surface area (TPSA) is 68.8 Å². The van der Waals surface area contributed by atoms with E-state index in [4.69, 9.17) is 4.52 Å². The minimum atomic E-state index is 0.211. The maximum Gasteiger partial charge on any atom is 0.227 e. The Morgan fingerprint density at radius 2 is 2.38 bits per heavy atom. The quantitative estimate of drug-likeness (QED) is 0.804. The number of rotatable bonds is 5. The summed E-state index contributed by atoms with van der Waals surface area (Å²) in [5.74, 6) is 1.67. The van der Waals surface area contributed by atoms with Crippen LogP contribution in [0.2, 0.25) is 0 Å². The summed E-state index contributed by atoms with van der Waals surface area (Å²) in [5.41, 5.74) is 0. The molecule has 6 nitrogen and oxygen atoms in total. The van der Waals surface area contributed by atoms with E-state index in [2.05, 4.69) is 27.4 Å². The van der Waals surface area contributed by atoms with Crippen LogP contribution >= 0.6 is 0 Å². The van der Waals surface area contributed by atoms with Crippen molar-refractivity contribution in [1.29, 1.82) is 0 Å². The number of aromatic nitrogens is 4. The summed E-state index contributed by atoms with van der Waals surface area (Å²) in [4.78, 5) is 8.24. The van der Waals surface area contributed by atoms with Gasteiger partial charge in [0.05, 0.1) is 6.04 Å². The minimum Gasteiger partial charge on any atom is -0.340 e. The fraction of sp³-hybridized carbons (Fsp3) is 0.500. The molecule has 1 unspecified atom stereocenters. The summed E-state index contributed by atoms with van der Waals surface area (Å²) >= 11 is 0. The van der Waals surface area contributed by atoms with Crippen molar-refractivity contribution in [3.8, 4) is 0 Å². The Morgan fingerprint density at radius 3 is 3.00 bits per heavy atom. The van der Waals surface area contributed by atoms with Gasteiger partial charge < -0.3 is 14.4 Å². The van der Waals surface area contributed by atoms with Gasteiger partial charge in [-0.15, -0.1) is 0 Å². The Hall–Kier alpha value is -1.69. The molecule has 2 aromatic heterocycles. The molecule has 0 aliphatic heterocycles. The number of hydrogen-bond acceptors (Lipinski definition) is 5. The zero-order valence-electron chi connectivity index (χ0n) is 9.42. The largest absolute Gasteiger partial charge is 0.340 e. The summed E-state index contributed by atoms with van der Waals surface area (Å²) in [7, 11) is 1.98. The van der Waals surface area contributed by atoms with Crippen LogP contribution in [-0.4, -0.2) is 26.2 Å². The van der Waals surface area contributed by atoms with Crippen LogP contribution in [0.3, 0.4) is 0 Å². The van der Waals surface area contributed by atoms with Crippen LogP contribution < -0.4 is 5.32 Å². The second-order valence-corrected chi connectivity index (χ2v) is 3.66. The Morgan fingerprint density at radius 1 is 1.50 bits per heavy atom. The van der Waals surface area contributed by atoms with Gasteiger partial charge in [-0.2, -0.15) is 4.98 Å². The van der Waals surface area contributed by atoms with Gasteiger partial charge >= 0.3 is 0 Å². The molecule has 0 saturated carbocycles. The van der Waals surface area contributed by atoms with Crippen LogP contribution in [0, 0.1) is 0 Å². The molecule has 0 aliphatic carbocycles. The molecule has 6 heteroatoms. The zero-order valence-corrected chi connectivity index (χ0v) is 9.42. The Labute approximate surface area is 93.7 Å². The summed E-state index contributed by atoms with van der Waals surface area (Å²) in [5, 5.41) is 6.91. The van der Waals surface area contributed by atoms with Crippen molar-refractivity contribution in [1.82, 2.24) is 25.0 Å². The lowest BCUT2D eigenvalue weighted by molar-refractivity contribution is 0.371. The van der Waals surface area contributed by atoms with Crippen molar-refractivity contribution in [2.75, 3.05) is 6.54 Å². The van der Waals surface area contributed by atoms with E-state index < -0.39 is 0 Å². The van der Waals surface area contributed by atoms with Gasteiger partial charge in [-0.25, -0.2) is 4.98 Å². The number of imidazole rings is 1. The number of nitrogens with zero attached hydrogens (tertiary/aromatic N) is 4. The molecule has 0 saturated heterocycles. The van der Waals surface area contributed by atoms with Crippen LogP contribution in [0.5, 0.6) is 0 Å². The van der Waals surface area contributed by atoms with E-state index >= 15 is 0 Å². The molecule has 0 fully saturated rings. The van der Waals surface area contributed by atoms with Crippen LogP contribution in [0.25, 0.3) is 0 Å². The molecule has 2 heterocycles. The average molecular weight is 221 g/mol. The molecular weight excluding hydrogens is 206 g/mol. The third-order valence-corrected chi connectivity index (χ3v) is 2.44. The third kappa shape index (κ3) is 2.46. The number of nitrogens with one attached hydrogen (secondary N) is 1. The lowest BCUT2D eigenvalue weighted by atomic mass is 10.3. The Kier molecular flexibility index (Phi) is 3.31. The van der Waals surface area contributed by atoms with Gasteiger partial charge in [0.2, 0.25) is 5.89 Å². The summed E-state index contributed by atoms with van der Waals surface area (Å²) in [6.45, 7) is 2.87. The minimum absolute atomic E-state index is 0.211. The molecule has 0 aromatic carbocycles. The smallest absolute Gasteiger partial charge is 0.227 e. The van der Waals surface area contributed by atoms with Crippen molar-refractivity contribution in [2.45, 2.75) is 19.4 Å². The van der Waals surface area contributed by atoms with Crippen molar-refractivity contribution in [3.63, 3.8) is 0 Å². The fourth-order valence-electron chi connectivity index (χ4n) is 1.59. The Balaban J connectivity index is 1.80. The maximum absolute atomic E-state index is 4.91. The molecule has 16 heavy (non-hydrogen) atoms. The van der Waals surface area contributed by atoms with E-state index in [-0.39, 0.29) is 6.04 Å². The molecule has 2 rings (SSSR count). The van der Waals surface area contributed by atoms with Gasteiger partial charge in [0.25, 0.3) is 0 Å². The summed E-state index contributed by atoms with van der Waals surface area (Å²) < 4.78 is 6.91. The second kappa shape index (κ2) is 4.89. The first-order chi connectivity index (χ1) is 7.77. The van der Waals surface area contributed by atoms with Gasteiger partial charge in [-0.05, 0) is 6.92 Å². The van der Waals surface area contributed by atoms with Gasteiger partial charge in [0.15, 0.2) is 6.33 Å². The highest BCUT2D eigenvalue weighted by Gasteiger charge is 2.09. The predicted octanol–water partition coefficient (Wildman–Crippen LogP) is 0.696. The summed E-state index contributed by atoms with van der Waals surface area (Å²) in [6, 6.07) is 0.211. The van der Waals surface area contributed by atoms with E-state index in [1.54, 1.807) is 6.20 Å². The zero-order chi connectivity index (χ0) is 11.4. The Bertz CT molecular complexity index is 422. The molecular formula is C10H15N5O. The van der Waals surface area contributed by atoms with Crippen LogP contribution in [0.1, 0.15) is 24.7 Å². The van der Waals surface area contributed by atoms with E-state index in [0.717, 1.165) is 18.8 Å². The molecule has 1 N–H and O–H groups in total. The number of aryl methyl sites for hydroxylation is 1. The average Bonchev–Trinajstić information content (AvgIpc) is 2.88. The predicted molar refractivity (Wildman–Crippen MR) is 57.6 cm³/mol. The second-order valence-electron chi connectivity index (χ2n) is 3.66. The molecule has 2 aromatic rings. The first kappa shape index (κ1) is 10.8. The first-order valence-electron chi connectivity index (χ1n) is 5.23. The molecule has 1 atom stereocenters. The monoisotopic (exact) mass is 221 g/mol.